The van der Waals surface area contributed by atoms with E-state index in [2.05, 4.69) is 0 Å². The van der Waals surface area contributed by atoms with Crippen LogP contribution in [0, 0.1) is 5.82 Å². The van der Waals surface area contributed by atoms with E-state index in [1.165, 1.54) is 16.4 Å². The fraction of sp³-hybridized carbons (Fsp3) is 0.538. The molecule has 0 saturated carbocycles. The van der Waals surface area contributed by atoms with E-state index in [0.717, 1.165) is 31.7 Å². The van der Waals surface area contributed by atoms with Crippen molar-refractivity contribution in [1.29, 1.82) is 0 Å². The van der Waals surface area contributed by atoms with Gasteiger partial charge in [-0.3, -0.25) is 0 Å². The van der Waals surface area contributed by atoms with Crippen LogP contribution in [0.1, 0.15) is 31.2 Å². The summed E-state index contributed by atoms with van der Waals surface area (Å²) < 4.78 is 39.9. The number of benzene rings is 1. The van der Waals surface area contributed by atoms with Crippen LogP contribution < -0.4 is 5.73 Å². The first-order valence-electron chi connectivity index (χ1n) is 6.54. The molecule has 0 spiro atoms. The summed E-state index contributed by atoms with van der Waals surface area (Å²) in [6.07, 6.45) is 3.79. The van der Waals surface area contributed by atoms with Gasteiger partial charge in [-0.25, -0.2) is 12.8 Å². The van der Waals surface area contributed by atoms with Crippen LogP contribution >= 0.6 is 0 Å². The number of sulfonamides is 1. The van der Waals surface area contributed by atoms with E-state index >= 15 is 0 Å². The summed E-state index contributed by atoms with van der Waals surface area (Å²) in [6.45, 7) is 1.09. The number of nitrogens with two attached hydrogens (primary N) is 1. The quantitative estimate of drug-likeness (QED) is 0.922. The Kier molecular flexibility index (Phi) is 4.54. The predicted molar refractivity (Wildman–Crippen MR) is 71.5 cm³/mol. The molecule has 2 N–H and O–H groups in total. The van der Waals surface area contributed by atoms with Gasteiger partial charge in [-0.05, 0) is 30.5 Å². The molecule has 1 saturated heterocycles. The van der Waals surface area contributed by atoms with Crippen molar-refractivity contribution in [3.8, 4) is 0 Å². The maximum atomic E-state index is 13.3. The molecule has 1 aliphatic rings. The van der Waals surface area contributed by atoms with Crippen LogP contribution in [0.5, 0.6) is 0 Å². The Morgan fingerprint density at radius 3 is 2.37 bits per heavy atom. The first-order valence-corrected chi connectivity index (χ1v) is 7.98. The van der Waals surface area contributed by atoms with Crippen molar-refractivity contribution in [1.82, 2.24) is 4.31 Å². The van der Waals surface area contributed by atoms with E-state index in [4.69, 9.17) is 5.73 Å². The second kappa shape index (κ2) is 5.98. The molecular formula is C13H19FN2O2S. The molecule has 19 heavy (non-hydrogen) atoms. The highest BCUT2D eigenvalue weighted by molar-refractivity contribution is 7.89. The molecule has 1 aromatic carbocycles. The normalized spacial score (nSPS) is 18.2. The Morgan fingerprint density at radius 2 is 1.79 bits per heavy atom. The minimum Gasteiger partial charge on any atom is -0.326 e. The molecule has 0 atom stereocenters. The zero-order valence-electron chi connectivity index (χ0n) is 10.8. The second-order valence-electron chi connectivity index (χ2n) is 4.77. The third-order valence-corrected chi connectivity index (χ3v) is 5.41. The standard InChI is InChI=1S/C13H19FN2O2S/c14-12-6-5-11(10-15)13(9-12)19(17,18)16-7-3-1-2-4-8-16/h5-6,9H,1-4,7-8,10,15H2. The highest BCUT2D eigenvalue weighted by atomic mass is 32.2. The third kappa shape index (κ3) is 3.13. The van der Waals surface area contributed by atoms with Crippen LogP contribution in [-0.2, 0) is 16.6 Å². The van der Waals surface area contributed by atoms with E-state index in [9.17, 15) is 12.8 Å². The second-order valence-corrected chi connectivity index (χ2v) is 6.68. The maximum absolute atomic E-state index is 13.3. The maximum Gasteiger partial charge on any atom is 0.243 e. The lowest BCUT2D eigenvalue weighted by molar-refractivity contribution is 0.422. The largest absolute Gasteiger partial charge is 0.326 e. The van der Waals surface area contributed by atoms with Gasteiger partial charge in [0.25, 0.3) is 0 Å². The van der Waals surface area contributed by atoms with Gasteiger partial charge in [-0.2, -0.15) is 4.31 Å². The van der Waals surface area contributed by atoms with Gasteiger partial charge in [-0.15, -0.1) is 0 Å². The van der Waals surface area contributed by atoms with Crippen LogP contribution in [0.25, 0.3) is 0 Å². The molecule has 0 aliphatic carbocycles. The lowest BCUT2D eigenvalue weighted by Gasteiger charge is -2.21. The Balaban J connectivity index is 2.40. The fourth-order valence-corrected chi connectivity index (χ4v) is 4.12. The van der Waals surface area contributed by atoms with E-state index in [-0.39, 0.29) is 11.4 Å². The van der Waals surface area contributed by atoms with Crippen molar-refractivity contribution < 1.29 is 12.8 Å². The topological polar surface area (TPSA) is 63.4 Å². The molecule has 106 valence electrons. The number of hydrogen-bond donors (Lipinski definition) is 1. The van der Waals surface area contributed by atoms with Crippen molar-refractivity contribution in [2.45, 2.75) is 37.1 Å². The summed E-state index contributed by atoms with van der Waals surface area (Å²) in [5.74, 6) is -0.550. The van der Waals surface area contributed by atoms with E-state index < -0.39 is 15.8 Å². The smallest absolute Gasteiger partial charge is 0.243 e. The van der Waals surface area contributed by atoms with Gasteiger partial charge >= 0.3 is 0 Å². The van der Waals surface area contributed by atoms with Crippen LogP contribution in [0.2, 0.25) is 0 Å². The monoisotopic (exact) mass is 286 g/mol. The van der Waals surface area contributed by atoms with Gasteiger partial charge in [-0.1, -0.05) is 18.9 Å². The lowest BCUT2D eigenvalue weighted by atomic mass is 10.2. The first-order chi connectivity index (χ1) is 9.05. The fourth-order valence-electron chi connectivity index (χ4n) is 2.36. The van der Waals surface area contributed by atoms with E-state index in [0.29, 0.717) is 18.7 Å². The van der Waals surface area contributed by atoms with Crippen LogP contribution in [0.3, 0.4) is 0 Å². The predicted octanol–water partition coefficient (Wildman–Crippen LogP) is 1.85. The first kappa shape index (κ1) is 14.4. The molecule has 1 aliphatic heterocycles. The van der Waals surface area contributed by atoms with Gasteiger partial charge in [0, 0.05) is 19.6 Å². The molecule has 0 unspecified atom stereocenters. The minimum absolute atomic E-state index is 0.0110. The average Bonchev–Trinajstić information content (AvgIpc) is 2.68. The summed E-state index contributed by atoms with van der Waals surface area (Å²) in [6, 6.07) is 3.76. The summed E-state index contributed by atoms with van der Waals surface area (Å²) in [7, 11) is -3.64. The molecule has 1 heterocycles. The van der Waals surface area contributed by atoms with Crippen molar-refractivity contribution in [3.05, 3.63) is 29.6 Å². The molecular weight excluding hydrogens is 267 g/mol. The Bertz CT molecular complexity index is 538. The van der Waals surface area contributed by atoms with Gasteiger partial charge in [0.15, 0.2) is 0 Å². The SMILES string of the molecule is NCc1ccc(F)cc1S(=O)(=O)N1CCCCCC1. The molecule has 1 aromatic rings. The molecule has 6 heteroatoms. The average molecular weight is 286 g/mol. The highest BCUT2D eigenvalue weighted by Gasteiger charge is 2.27. The number of hydrogen-bond acceptors (Lipinski definition) is 3. The van der Waals surface area contributed by atoms with Gasteiger partial charge < -0.3 is 5.73 Å². The molecule has 1 fully saturated rings. The summed E-state index contributed by atoms with van der Waals surface area (Å²) in [5.41, 5.74) is 6.02. The van der Waals surface area contributed by atoms with Crippen molar-refractivity contribution >= 4 is 10.0 Å². The van der Waals surface area contributed by atoms with Crippen molar-refractivity contribution in [2.75, 3.05) is 13.1 Å². The Morgan fingerprint density at radius 1 is 1.16 bits per heavy atom. The Labute approximate surface area is 113 Å². The molecule has 0 aromatic heterocycles. The van der Waals surface area contributed by atoms with Gasteiger partial charge in [0.2, 0.25) is 10.0 Å². The van der Waals surface area contributed by atoms with Crippen LogP contribution in [0.15, 0.2) is 23.1 Å². The van der Waals surface area contributed by atoms with Crippen molar-refractivity contribution in [2.24, 2.45) is 5.73 Å². The van der Waals surface area contributed by atoms with Gasteiger partial charge in [0.05, 0.1) is 4.90 Å². The Hall–Kier alpha value is -0.980. The third-order valence-electron chi connectivity index (χ3n) is 3.43. The summed E-state index contributed by atoms with van der Waals surface area (Å²) >= 11 is 0. The molecule has 2 rings (SSSR count). The van der Waals surface area contributed by atoms with E-state index in [1.807, 2.05) is 0 Å². The zero-order chi connectivity index (χ0) is 13.9. The molecule has 0 radical (unpaired) electrons. The number of rotatable bonds is 3. The summed E-state index contributed by atoms with van der Waals surface area (Å²) in [4.78, 5) is 0.0110. The number of halogens is 1. The highest BCUT2D eigenvalue weighted by Crippen LogP contribution is 2.24. The lowest BCUT2D eigenvalue weighted by Crippen LogP contribution is -2.32. The number of nitrogens with zero attached hydrogens (tertiary/aromatic N) is 1. The van der Waals surface area contributed by atoms with Crippen LogP contribution in [0.4, 0.5) is 4.39 Å². The zero-order valence-corrected chi connectivity index (χ0v) is 11.6. The molecule has 4 nitrogen and oxygen atoms in total. The molecule has 0 bridgehead atoms. The molecule has 0 amide bonds. The summed E-state index contributed by atoms with van der Waals surface area (Å²) in [5, 5.41) is 0. The van der Waals surface area contributed by atoms with Crippen molar-refractivity contribution in [3.63, 3.8) is 0 Å². The van der Waals surface area contributed by atoms with Crippen LogP contribution in [-0.4, -0.2) is 25.8 Å². The minimum atomic E-state index is -3.64. The van der Waals surface area contributed by atoms with E-state index in [1.54, 1.807) is 0 Å². The van der Waals surface area contributed by atoms with Gasteiger partial charge in [0.1, 0.15) is 5.82 Å².